The number of carboxylic acid groups (broad SMARTS) is 1. The van der Waals surface area contributed by atoms with Crippen molar-refractivity contribution in [3.8, 4) is 5.69 Å². The molecule has 1 N–H and O–H groups in total. The first-order chi connectivity index (χ1) is 11.9. The first-order valence-electron chi connectivity index (χ1n) is 7.61. The van der Waals surface area contributed by atoms with Crippen molar-refractivity contribution >= 4 is 28.5 Å². The van der Waals surface area contributed by atoms with Crippen LogP contribution in [-0.4, -0.2) is 30.6 Å². The number of carbonyl (C=O) groups is 1. The van der Waals surface area contributed by atoms with Gasteiger partial charge >= 0.3 is 5.97 Å². The summed E-state index contributed by atoms with van der Waals surface area (Å²) in [5.74, 6) is -1.04. The van der Waals surface area contributed by atoms with Gasteiger partial charge in [-0.2, -0.15) is 21.5 Å². The molecular formula is C18H18N4O2S. The van der Waals surface area contributed by atoms with Crippen LogP contribution in [0.4, 0.5) is 0 Å². The molecule has 0 aromatic carbocycles. The molecule has 3 rings (SSSR count). The average molecular weight is 354 g/mol. The summed E-state index contributed by atoms with van der Waals surface area (Å²) in [6.45, 7) is 7.77. The maximum absolute atomic E-state index is 11.5. The van der Waals surface area contributed by atoms with Crippen LogP contribution in [0.5, 0.6) is 0 Å². The molecule has 3 aromatic heterocycles. The van der Waals surface area contributed by atoms with Crippen molar-refractivity contribution in [2.75, 3.05) is 0 Å². The van der Waals surface area contributed by atoms with Crippen LogP contribution in [0.3, 0.4) is 0 Å². The summed E-state index contributed by atoms with van der Waals surface area (Å²) >= 11 is 1.53. The Kier molecular flexibility index (Phi) is 4.41. The van der Waals surface area contributed by atoms with Crippen LogP contribution in [0.25, 0.3) is 16.8 Å². The van der Waals surface area contributed by atoms with Gasteiger partial charge in [0.05, 0.1) is 17.1 Å². The van der Waals surface area contributed by atoms with Gasteiger partial charge in [-0.1, -0.05) is 6.58 Å². The molecule has 0 aliphatic carbocycles. The van der Waals surface area contributed by atoms with Gasteiger partial charge in [-0.05, 0) is 48.6 Å². The monoisotopic (exact) mass is 354 g/mol. The second-order valence-corrected chi connectivity index (χ2v) is 6.53. The number of thiophene rings is 1. The van der Waals surface area contributed by atoms with Crippen LogP contribution in [0, 0.1) is 6.92 Å². The van der Waals surface area contributed by atoms with E-state index in [9.17, 15) is 9.90 Å². The van der Waals surface area contributed by atoms with E-state index in [1.54, 1.807) is 16.3 Å². The number of hydrogen-bond acceptors (Lipinski definition) is 4. The Morgan fingerprint density at radius 2 is 2.12 bits per heavy atom. The van der Waals surface area contributed by atoms with Crippen LogP contribution in [0.15, 0.2) is 41.7 Å². The minimum Gasteiger partial charge on any atom is -0.476 e. The van der Waals surface area contributed by atoms with E-state index >= 15 is 0 Å². The molecule has 128 valence electrons. The number of aromatic nitrogens is 4. The fourth-order valence-electron chi connectivity index (χ4n) is 2.72. The van der Waals surface area contributed by atoms with Gasteiger partial charge in [0.25, 0.3) is 0 Å². The number of hydrogen-bond donors (Lipinski definition) is 1. The quantitative estimate of drug-likeness (QED) is 0.708. The minimum absolute atomic E-state index is 0.0531. The third-order valence-corrected chi connectivity index (χ3v) is 4.55. The SMILES string of the molecule is C=C(/C=C(\C)c1c(C)c(C(=O)O)nn1-c1ccsc1)c1ccn(C)n1. The number of carboxylic acids is 1. The number of nitrogens with zero attached hydrogens (tertiary/aromatic N) is 4. The van der Waals surface area contributed by atoms with Crippen LogP contribution in [0.2, 0.25) is 0 Å². The highest BCUT2D eigenvalue weighted by atomic mass is 32.1. The molecule has 0 amide bonds. The summed E-state index contributed by atoms with van der Waals surface area (Å²) in [5.41, 5.74) is 4.68. The Morgan fingerprint density at radius 1 is 1.36 bits per heavy atom. The van der Waals surface area contributed by atoms with Gasteiger partial charge in [-0.25, -0.2) is 9.48 Å². The minimum atomic E-state index is -1.04. The van der Waals surface area contributed by atoms with Gasteiger partial charge < -0.3 is 5.11 Å². The largest absolute Gasteiger partial charge is 0.476 e. The summed E-state index contributed by atoms with van der Waals surface area (Å²) in [4.78, 5) is 11.5. The van der Waals surface area contributed by atoms with E-state index in [-0.39, 0.29) is 5.69 Å². The molecule has 0 saturated heterocycles. The third kappa shape index (κ3) is 3.18. The van der Waals surface area contributed by atoms with Gasteiger partial charge in [0.15, 0.2) is 5.69 Å². The van der Waals surface area contributed by atoms with E-state index in [1.165, 1.54) is 11.3 Å². The molecule has 7 heteroatoms. The van der Waals surface area contributed by atoms with Crippen molar-refractivity contribution < 1.29 is 9.90 Å². The Labute approximate surface area is 149 Å². The van der Waals surface area contributed by atoms with Gasteiger partial charge in [-0.3, -0.25) is 4.68 Å². The average Bonchev–Trinajstić information content (AvgIpc) is 3.25. The van der Waals surface area contributed by atoms with Gasteiger partial charge in [0.2, 0.25) is 0 Å². The molecule has 0 unspecified atom stereocenters. The number of aryl methyl sites for hydroxylation is 1. The molecule has 6 nitrogen and oxygen atoms in total. The zero-order chi connectivity index (χ0) is 18.1. The predicted octanol–water partition coefficient (Wildman–Crippen LogP) is 3.79. The molecule has 0 bridgehead atoms. The molecule has 0 atom stereocenters. The lowest BCUT2D eigenvalue weighted by molar-refractivity contribution is 0.0689. The molecule has 0 radical (unpaired) electrons. The molecular weight excluding hydrogens is 336 g/mol. The topological polar surface area (TPSA) is 72.9 Å². The van der Waals surface area contributed by atoms with Crippen molar-refractivity contribution in [2.24, 2.45) is 7.05 Å². The zero-order valence-corrected chi connectivity index (χ0v) is 15.0. The summed E-state index contributed by atoms with van der Waals surface area (Å²) in [5, 5.41) is 21.9. The fraction of sp³-hybridized carbons (Fsp3) is 0.167. The molecule has 0 aliphatic rings. The van der Waals surface area contributed by atoms with Crippen LogP contribution < -0.4 is 0 Å². The molecule has 25 heavy (non-hydrogen) atoms. The summed E-state index contributed by atoms with van der Waals surface area (Å²) < 4.78 is 3.39. The molecule has 0 aliphatic heterocycles. The van der Waals surface area contributed by atoms with E-state index in [0.29, 0.717) is 5.56 Å². The van der Waals surface area contributed by atoms with Crippen LogP contribution in [0.1, 0.15) is 34.4 Å². The highest BCUT2D eigenvalue weighted by molar-refractivity contribution is 7.08. The predicted molar refractivity (Wildman–Crippen MR) is 99.0 cm³/mol. The number of allylic oxidation sites excluding steroid dienone is 3. The lowest BCUT2D eigenvalue weighted by atomic mass is 10.0. The Morgan fingerprint density at radius 3 is 2.68 bits per heavy atom. The van der Waals surface area contributed by atoms with Crippen molar-refractivity contribution in [1.82, 2.24) is 19.6 Å². The van der Waals surface area contributed by atoms with Crippen molar-refractivity contribution in [1.29, 1.82) is 0 Å². The molecule has 3 aromatic rings. The van der Waals surface area contributed by atoms with E-state index in [0.717, 1.165) is 28.2 Å². The summed E-state index contributed by atoms with van der Waals surface area (Å²) in [6, 6.07) is 3.80. The van der Waals surface area contributed by atoms with Crippen molar-refractivity contribution in [2.45, 2.75) is 13.8 Å². The zero-order valence-electron chi connectivity index (χ0n) is 14.2. The number of rotatable bonds is 5. The lowest BCUT2D eigenvalue weighted by Crippen LogP contribution is -2.02. The van der Waals surface area contributed by atoms with E-state index in [4.69, 9.17) is 0 Å². The normalized spacial score (nSPS) is 11.7. The van der Waals surface area contributed by atoms with E-state index < -0.39 is 5.97 Å². The highest BCUT2D eigenvalue weighted by Gasteiger charge is 2.21. The first-order valence-corrected chi connectivity index (χ1v) is 8.56. The number of aromatic carboxylic acids is 1. The van der Waals surface area contributed by atoms with Gasteiger partial charge in [0, 0.05) is 24.2 Å². The van der Waals surface area contributed by atoms with Gasteiger partial charge in [-0.15, -0.1) is 0 Å². The smallest absolute Gasteiger partial charge is 0.356 e. The fourth-order valence-corrected chi connectivity index (χ4v) is 3.33. The first kappa shape index (κ1) is 16.9. The summed E-state index contributed by atoms with van der Waals surface area (Å²) in [6.07, 6.45) is 3.76. The van der Waals surface area contributed by atoms with Crippen LogP contribution in [-0.2, 0) is 7.05 Å². The Bertz CT molecular complexity index is 977. The second kappa shape index (κ2) is 6.52. The Balaban J connectivity index is 2.10. The maximum Gasteiger partial charge on any atom is 0.356 e. The Hall–Kier alpha value is -2.93. The van der Waals surface area contributed by atoms with Crippen LogP contribution >= 0.6 is 11.3 Å². The van der Waals surface area contributed by atoms with E-state index in [1.807, 2.05) is 49.1 Å². The standard InChI is InChI=1S/C18H18N4O2S/c1-11(15-5-7-21(4)19-15)9-12(2)17-13(3)16(18(23)24)20-22(17)14-6-8-25-10-14/h5-10H,1H2,2-4H3,(H,23,24)/b12-9+. The second-order valence-electron chi connectivity index (χ2n) is 5.75. The van der Waals surface area contributed by atoms with Crippen molar-refractivity contribution in [3.63, 3.8) is 0 Å². The molecule has 3 heterocycles. The molecule has 0 spiro atoms. The molecule has 0 fully saturated rings. The third-order valence-electron chi connectivity index (χ3n) is 3.88. The highest BCUT2D eigenvalue weighted by Crippen LogP contribution is 2.28. The summed E-state index contributed by atoms with van der Waals surface area (Å²) in [7, 11) is 1.85. The lowest BCUT2D eigenvalue weighted by Gasteiger charge is -2.08. The van der Waals surface area contributed by atoms with Crippen molar-refractivity contribution in [3.05, 3.63) is 64.4 Å². The van der Waals surface area contributed by atoms with E-state index in [2.05, 4.69) is 16.8 Å². The van der Waals surface area contributed by atoms with Gasteiger partial charge in [0.1, 0.15) is 0 Å². The molecule has 0 saturated carbocycles. The maximum atomic E-state index is 11.5.